The first kappa shape index (κ1) is 39.7. The molecule has 16 heteroatoms. The SMILES string of the molecule is Cc1cc(C(=O)N[C@H]2CCCCCC(F)(F)CC[C@](C)(C(=O)NS(=O)C3CC3)NC(=O)C3CCCN3C2=O)no1.O=c1[nH]c2ccccc2c2ccccc12. The molecule has 2 aromatic carbocycles. The number of benzene rings is 2. The van der Waals surface area contributed by atoms with Gasteiger partial charge < -0.3 is 25.0 Å². The van der Waals surface area contributed by atoms with Gasteiger partial charge in [0.1, 0.15) is 34.4 Å². The number of aromatic amines is 1. The van der Waals surface area contributed by atoms with E-state index in [0.29, 0.717) is 44.3 Å². The third-order valence-corrected chi connectivity index (χ3v) is 11.8. The number of hydrogen-bond donors (Lipinski definition) is 4. The highest BCUT2D eigenvalue weighted by Crippen LogP contribution is 2.32. The Morgan fingerprint density at radius 1 is 0.909 bits per heavy atom. The van der Waals surface area contributed by atoms with Gasteiger partial charge in [0.05, 0.1) is 5.25 Å². The number of pyridine rings is 1. The number of aryl methyl sites for hydroxylation is 1. The predicted octanol–water partition coefficient (Wildman–Crippen LogP) is 4.95. The van der Waals surface area contributed by atoms with Gasteiger partial charge in [-0.05, 0) is 76.3 Å². The Labute approximate surface area is 318 Å². The third-order valence-electron chi connectivity index (χ3n) is 10.4. The lowest BCUT2D eigenvalue weighted by molar-refractivity contribution is -0.142. The highest BCUT2D eigenvalue weighted by atomic mass is 32.2. The number of aromatic nitrogens is 2. The van der Waals surface area contributed by atoms with Crippen molar-refractivity contribution in [1.29, 1.82) is 0 Å². The van der Waals surface area contributed by atoms with Crippen molar-refractivity contribution < 1.29 is 36.7 Å². The second-order valence-corrected chi connectivity index (χ2v) is 16.3. The van der Waals surface area contributed by atoms with E-state index in [4.69, 9.17) is 4.52 Å². The minimum atomic E-state index is -3.09. The summed E-state index contributed by atoms with van der Waals surface area (Å²) in [6, 6.07) is 15.0. The first-order chi connectivity index (χ1) is 26.2. The molecule has 55 heavy (non-hydrogen) atoms. The maximum atomic E-state index is 14.8. The highest BCUT2D eigenvalue weighted by Gasteiger charge is 2.45. The van der Waals surface area contributed by atoms with Crippen LogP contribution in [0.5, 0.6) is 0 Å². The lowest BCUT2D eigenvalue weighted by Gasteiger charge is -2.34. The fraction of sp³-hybridized carbons (Fsp3) is 0.487. The van der Waals surface area contributed by atoms with E-state index in [1.807, 2.05) is 48.5 Å². The van der Waals surface area contributed by atoms with Crippen molar-refractivity contribution in [2.75, 3.05) is 6.54 Å². The van der Waals surface area contributed by atoms with E-state index in [1.54, 1.807) is 6.92 Å². The van der Waals surface area contributed by atoms with Crippen LogP contribution in [0.25, 0.3) is 21.7 Å². The van der Waals surface area contributed by atoms with E-state index in [1.165, 1.54) is 17.9 Å². The fourth-order valence-electron chi connectivity index (χ4n) is 7.02. The van der Waals surface area contributed by atoms with Gasteiger partial charge in [0, 0.05) is 41.7 Å². The maximum absolute atomic E-state index is 14.8. The molecule has 2 aromatic heterocycles. The molecule has 4 N–H and O–H groups in total. The molecule has 4 heterocycles. The van der Waals surface area contributed by atoms with Gasteiger partial charge in [-0.2, -0.15) is 0 Å². The molecule has 2 unspecified atom stereocenters. The second kappa shape index (κ2) is 16.8. The molecule has 2 aliphatic heterocycles. The first-order valence-corrected chi connectivity index (χ1v) is 19.9. The van der Waals surface area contributed by atoms with Gasteiger partial charge in [0.2, 0.25) is 17.7 Å². The number of nitrogens with one attached hydrogen (secondary N) is 4. The monoisotopic (exact) mass is 780 g/mol. The van der Waals surface area contributed by atoms with Crippen molar-refractivity contribution >= 4 is 56.3 Å². The van der Waals surface area contributed by atoms with Gasteiger partial charge in [0.25, 0.3) is 17.4 Å². The minimum Gasteiger partial charge on any atom is -0.361 e. The Morgan fingerprint density at radius 2 is 1.62 bits per heavy atom. The van der Waals surface area contributed by atoms with E-state index < -0.39 is 71.0 Å². The zero-order valence-electron chi connectivity index (χ0n) is 30.8. The largest absolute Gasteiger partial charge is 0.361 e. The molecule has 1 aliphatic carbocycles. The molecule has 3 fully saturated rings. The average molecular weight is 781 g/mol. The van der Waals surface area contributed by atoms with Crippen LogP contribution in [-0.4, -0.2) is 78.2 Å². The van der Waals surface area contributed by atoms with Crippen molar-refractivity contribution in [2.45, 2.75) is 113 Å². The summed E-state index contributed by atoms with van der Waals surface area (Å²) in [5.74, 6) is -5.20. The summed E-state index contributed by atoms with van der Waals surface area (Å²) >= 11 is 0. The lowest BCUT2D eigenvalue weighted by atomic mass is 9.91. The van der Waals surface area contributed by atoms with Crippen molar-refractivity contribution in [3.05, 3.63) is 76.4 Å². The molecule has 4 amide bonds. The summed E-state index contributed by atoms with van der Waals surface area (Å²) in [5.41, 5.74) is -0.895. The number of hydrogen-bond acceptors (Lipinski definition) is 8. The van der Waals surface area contributed by atoms with E-state index in [2.05, 4.69) is 25.5 Å². The summed E-state index contributed by atoms with van der Waals surface area (Å²) in [5, 5.41) is 11.7. The molecule has 294 valence electrons. The zero-order chi connectivity index (χ0) is 39.3. The van der Waals surface area contributed by atoms with Gasteiger partial charge in [-0.25, -0.2) is 13.0 Å². The normalized spacial score (nSPS) is 24.0. The Balaban J connectivity index is 0.000000282. The third kappa shape index (κ3) is 9.64. The summed E-state index contributed by atoms with van der Waals surface area (Å²) in [7, 11) is -1.67. The predicted molar refractivity (Wildman–Crippen MR) is 202 cm³/mol. The van der Waals surface area contributed by atoms with Crippen molar-refractivity contribution in [3.63, 3.8) is 0 Å². The van der Waals surface area contributed by atoms with E-state index in [-0.39, 0.29) is 42.3 Å². The van der Waals surface area contributed by atoms with Gasteiger partial charge in [-0.1, -0.05) is 54.4 Å². The first-order valence-electron chi connectivity index (χ1n) is 18.7. The molecular formula is C39H46F2N6O7S. The van der Waals surface area contributed by atoms with Crippen molar-refractivity contribution in [1.82, 2.24) is 30.4 Å². The van der Waals surface area contributed by atoms with E-state index in [0.717, 1.165) is 21.7 Å². The number of rotatable bonds is 5. The maximum Gasteiger partial charge on any atom is 0.274 e. The number of H-pyrrole nitrogens is 1. The summed E-state index contributed by atoms with van der Waals surface area (Å²) in [4.78, 5) is 69.1. The molecule has 0 bridgehead atoms. The summed E-state index contributed by atoms with van der Waals surface area (Å²) in [6.45, 7) is 3.24. The number of fused-ring (bicyclic) bond motifs is 4. The fourth-order valence-corrected chi connectivity index (χ4v) is 8.16. The molecule has 4 atom stereocenters. The van der Waals surface area contributed by atoms with Crippen LogP contribution >= 0.6 is 0 Å². The van der Waals surface area contributed by atoms with Gasteiger partial charge in [0.15, 0.2) is 5.69 Å². The number of para-hydroxylation sites is 1. The molecule has 4 aromatic rings. The number of carbonyl (C=O) groups is 4. The van der Waals surface area contributed by atoms with Crippen molar-refractivity contribution in [2.24, 2.45) is 0 Å². The molecule has 3 aliphatic rings. The number of carbonyl (C=O) groups excluding carboxylic acids is 4. The lowest BCUT2D eigenvalue weighted by Crippen LogP contribution is -2.61. The van der Waals surface area contributed by atoms with Crippen molar-refractivity contribution in [3.8, 4) is 0 Å². The molecule has 7 rings (SSSR count). The summed E-state index contributed by atoms with van der Waals surface area (Å²) in [6.07, 6.45) is 1.96. The van der Waals surface area contributed by atoms with Crippen LogP contribution < -0.4 is 20.9 Å². The Hall–Kier alpha value is -4.99. The highest BCUT2D eigenvalue weighted by molar-refractivity contribution is 7.84. The molecular weight excluding hydrogens is 735 g/mol. The van der Waals surface area contributed by atoms with Gasteiger partial charge in [-0.3, -0.25) is 28.7 Å². The zero-order valence-corrected chi connectivity index (χ0v) is 31.6. The molecule has 0 radical (unpaired) electrons. The van der Waals surface area contributed by atoms with Crippen LogP contribution in [0.3, 0.4) is 0 Å². The van der Waals surface area contributed by atoms with Gasteiger partial charge >= 0.3 is 0 Å². The molecule has 0 spiro atoms. The Kier molecular flexibility index (Phi) is 12.1. The Bertz CT molecular complexity index is 2150. The minimum absolute atomic E-state index is 0.00177. The van der Waals surface area contributed by atoms with Crippen LogP contribution in [0.2, 0.25) is 0 Å². The van der Waals surface area contributed by atoms with Crippen LogP contribution in [0, 0.1) is 6.92 Å². The number of nitrogens with zero attached hydrogens (tertiary/aromatic N) is 2. The second-order valence-electron chi connectivity index (χ2n) is 14.8. The molecule has 1 saturated carbocycles. The Morgan fingerprint density at radius 3 is 2.33 bits per heavy atom. The number of amides is 4. The van der Waals surface area contributed by atoms with E-state index >= 15 is 0 Å². The van der Waals surface area contributed by atoms with E-state index in [9.17, 15) is 37.0 Å². The smallest absolute Gasteiger partial charge is 0.274 e. The van der Waals surface area contributed by atoms with Crippen LogP contribution in [0.1, 0.15) is 93.8 Å². The average Bonchev–Trinajstić information content (AvgIpc) is 3.74. The summed E-state index contributed by atoms with van der Waals surface area (Å²) < 4.78 is 49.4. The standard InChI is InChI=1S/C26H37F2N5O6S.C13H9NO/c1-16-15-19(31-39-16)21(34)29-18-7-4-3-5-11-26(27,28)13-12-25(2,24(37)32-40(38)17-9-10-17)30-22(35)20-8-6-14-33(20)23(18)36;15-13-11-7-2-1-5-9(11)10-6-3-4-8-12(10)14-13/h15,17-18,20H,3-14H2,1-2H3,(H,29,34)(H,30,35)(H,32,37);1-8H,(H,14,15)/t18-,20?,25+,40?;/m0./s1. The van der Waals surface area contributed by atoms with Crippen LogP contribution in [0.4, 0.5) is 8.78 Å². The van der Waals surface area contributed by atoms with Crippen LogP contribution in [-0.2, 0) is 25.4 Å². The number of halogens is 2. The topological polar surface area (TPSA) is 184 Å². The molecule has 13 nitrogen and oxygen atoms in total. The molecule has 2 saturated heterocycles. The van der Waals surface area contributed by atoms with Crippen LogP contribution in [0.15, 0.2) is 63.9 Å². The van der Waals surface area contributed by atoms with Gasteiger partial charge in [-0.15, -0.1) is 0 Å². The number of alkyl halides is 2. The quantitative estimate of drug-likeness (QED) is 0.205.